The zero-order chi connectivity index (χ0) is 25.4. The number of amides is 1. The van der Waals surface area contributed by atoms with Crippen LogP contribution in [-0.4, -0.2) is 41.8 Å². The van der Waals surface area contributed by atoms with Crippen molar-refractivity contribution in [2.75, 3.05) is 16.9 Å². The summed E-state index contributed by atoms with van der Waals surface area (Å²) in [7, 11) is -3.49. The molecule has 1 amide bonds. The summed E-state index contributed by atoms with van der Waals surface area (Å²) < 4.78 is 30.5. The molecule has 1 aliphatic carbocycles. The van der Waals surface area contributed by atoms with Crippen molar-refractivity contribution in [3.8, 4) is 17.0 Å². The summed E-state index contributed by atoms with van der Waals surface area (Å²) in [6.07, 6.45) is 6.28. The maximum Gasteiger partial charge on any atom is 0.222 e. The Morgan fingerprint density at radius 3 is 2.43 bits per heavy atom. The average Bonchev–Trinajstić information content (AvgIpc) is 3.56. The summed E-state index contributed by atoms with van der Waals surface area (Å²) in [6, 6.07) is 9.98. The van der Waals surface area contributed by atoms with Gasteiger partial charge in [0, 0.05) is 54.5 Å². The highest BCUT2D eigenvalue weighted by Crippen LogP contribution is 2.35. The molecule has 0 atom stereocenters. The minimum absolute atomic E-state index is 0.0963. The van der Waals surface area contributed by atoms with E-state index in [0.717, 1.165) is 19.1 Å². The van der Waals surface area contributed by atoms with E-state index in [1.54, 1.807) is 50.5 Å². The van der Waals surface area contributed by atoms with Gasteiger partial charge < -0.3 is 20.5 Å². The van der Waals surface area contributed by atoms with Crippen LogP contribution in [0.5, 0.6) is 5.75 Å². The summed E-state index contributed by atoms with van der Waals surface area (Å²) in [6.45, 7) is 4.74. The van der Waals surface area contributed by atoms with E-state index in [0.29, 0.717) is 39.8 Å². The Bertz CT molecular complexity index is 1360. The zero-order valence-corrected chi connectivity index (χ0v) is 20.8. The largest absolute Gasteiger partial charge is 0.490 e. The number of benzene rings is 1. The summed E-state index contributed by atoms with van der Waals surface area (Å²) in [5, 5.41) is 16.1. The van der Waals surface area contributed by atoms with Gasteiger partial charge in [0.1, 0.15) is 11.6 Å². The fraction of sp³-hybridized carbons (Fsp3) is 0.320. The van der Waals surface area contributed by atoms with E-state index in [2.05, 4.69) is 20.6 Å². The maximum atomic E-state index is 12.3. The number of ether oxygens (including phenoxy) is 1. The van der Waals surface area contributed by atoms with E-state index in [-0.39, 0.29) is 16.9 Å². The van der Waals surface area contributed by atoms with Gasteiger partial charge in [-0.2, -0.15) is 0 Å². The average molecular weight is 497 g/mol. The van der Waals surface area contributed by atoms with Gasteiger partial charge in [0.05, 0.1) is 28.0 Å². The van der Waals surface area contributed by atoms with Crippen molar-refractivity contribution in [2.45, 2.75) is 50.2 Å². The number of rotatable bonds is 8. The van der Waals surface area contributed by atoms with Gasteiger partial charge in [-0.05, 0) is 44.9 Å². The highest BCUT2D eigenvalue weighted by molar-refractivity contribution is 7.90. The van der Waals surface area contributed by atoms with Crippen molar-refractivity contribution >= 4 is 32.9 Å². The molecule has 184 valence electrons. The molecule has 0 aliphatic heterocycles. The Balaban J connectivity index is 1.77. The molecule has 2 aromatic heterocycles. The van der Waals surface area contributed by atoms with E-state index in [4.69, 9.17) is 4.74 Å². The molecule has 4 rings (SSSR count). The van der Waals surface area contributed by atoms with Gasteiger partial charge in [0.2, 0.25) is 5.91 Å². The van der Waals surface area contributed by atoms with Crippen LogP contribution in [0, 0.1) is 0 Å². The SMILES string of the molecule is CC(=O)Nc1cc(Nc2cc(OC3CC3)cc(S(C)(=O)=O)c2)c(-c2ccc(C(C)(C)O)cn2)cn1. The first-order chi connectivity index (χ1) is 16.4. The predicted molar refractivity (Wildman–Crippen MR) is 134 cm³/mol. The number of carbonyl (C=O) groups is 1. The first-order valence-corrected chi connectivity index (χ1v) is 13.0. The molecular weight excluding hydrogens is 468 g/mol. The molecule has 0 radical (unpaired) electrons. The van der Waals surface area contributed by atoms with Gasteiger partial charge in [0.25, 0.3) is 0 Å². The third-order valence-corrected chi connectivity index (χ3v) is 6.46. The second kappa shape index (κ2) is 9.27. The second-order valence-electron chi connectivity index (χ2n) is 9.19. The zero-order valence-electron chi connectivity index (χ0n) is 20.0. The minimum Gasteiger partial charge on any atom is -0.490 e. The lowest BCUT2D eigenvalue weighted by Gasteiger charge is -2.18. The monoisotopic (exact) mass is 496 g/mol. The number of aliphatic hydroxyl groups is 1. The Hall–Kier alpha value is -3.50. The number of hydrogen-bond acceptors (Lipinski definition) is 8. The number of sulfone groups is 1. The molecule has 9 nitrogen and oxygen atoms in total. The molecule has 0 spiro atoms. The Kier molecular flexibility index (Phi) is 6.52. The van der Waals surface area contributed by atoms with Crippen molar-refractivity contribution in [2.24, 2.45) is 0 Å². The Morgan fingerprint density at radius 1 is 1.11 bits per heavy atom. The molecule has 2 heterocycles. The molecule has 35 heavy (non-hydrogen) atoms. The van der Waals surface area contributed by atoms with Crippen LogP contribution in [0.1, 0.15) is 39.2 Å². The van der Waals surface area contributed by atoms with Crippen molar-refractivity contribution in [3.63, 3.8) is 0 Å². The van der Waals surface area contributed by atoms with E-state index < -0.39 is 15.4 Å². The Labute approximate surface area is 204 Å². The normalized spacial score (nSPS) is 13.9. The summed E-state index contributed by atoms with van der Waals surface area (Å²) >= 11 is 0. The molecular formula is C25H28N4O5S. The van der Waals surface area contributed by atoms with E-state index >= 15 is 0 Å². The van der Waals surface area contributed by atoms with Crippen LogP contribution in [0.2, 0.25) is 0 Å². The standard InChI is InChI=1S/C25H28N4O5S/c1-15(30)28-24-12-23(21(14-27-24)22-8-5-16(13-26-22)25(2,3)31)29-17-9-19(34-18-6-7-18)11-20(10-17)35(4,32)33/h5,8-14,18,31H,6-7H2,1-4H3,(H2,27,28,29,30). The smallest absolute Gasteiger partial charge is 0.222 e. The molecule has 0 saturated heterocycles. The third kappa shape index (κ3) is 6.34. The first-order valence-electron chi connectivity index (χ1n) is 11.1. The summed E-state index contributed by atoms with van der Waals surface area (Å²) in [4.78, 5) is 20.5. The highest BCUT2D eigenvalue weighted by atomic mass is 32.2. The van der Waals surface area contributed by atoms with Gasteiger partial charge in [-0.1, -0.05) is 6.07 Å². The fourth-order valence-electron chi connectivity index (χ4n) is 3.39. The number of nitrogens with zero attached hydrogens (tertiary/aromatic N) is 2. The summed E-state index contributed by atoms with van der Waals surface area (Å²) in [5.74, 6) is 0.511. The van der Waals surface area contributed by atoms with Gasteiger partial charge in [-0.15, -0.1) is 0 Å². The molecule has 1 saturated carbocycles. The lowest BCUT2D eigenvalue weighted by molar-refractivity contribution is -0.114. The number of anilines is 3. The number of carbonyl (C=O) groups excluding carboxylic acids is 1. The van der Waals surface area contributed by atoms with Crippen LogP contribution < -0.4 is 15.4 Å². The van der Waals surface area contributed by atoms with Crippen molar-refractivity contribution in [1.29, 1.82) is 0 Å². The lowest BCUT2D eigenvalue weighted by Crippen LogP contribution is -2.15. The fourth-order valence-corrected chi connectivity index (χ4v) is 4.06. The number of pyridine rings is 2. The van der Waals surface area contributed by atoms with Crippen LogP contribution in [0.4, 0.5) is 17.2 Å². The number of aromatic nitrogens is 2. The van der Waals surface area contributed by atoms with Crippen LogP contribution in [0.25, 0.3) is 11.3 Å². The van der Waals surface area contributed by atoms with Gasteiger partial charge in [-0.3, -0.25) is 9.78 Å². The van der Waals surface area contributed by atoms with Gasteiger partial charge >= 0.3 is 0 Å². The molecule has 1 aliphatic rings. The number of nitrogens with one attached hydrogen (secondary N) is 2. The maximum absolute atomic E-state index is 12.3. The molecule has 0 bridgehead atoms. The quantitative estimate of drug-likeness (QED) is 0.426. The van der Waals surface area contributed by atoms with Crippen molar-refractivity contribution in [1.82, 2.24) is 9.97 Å². The van der Waals surface area contributed by atoms with E-state index in [1.807, 2.05) is 0 Å². The Morgan fingerprint density at radius 2 is 1.86 bits per heavy atom. The van der Waals surface area contributed by atoms with Crippen LogP contribution in [0.15, 0.2) is 53.7 Å². The minimum atomic E-state index is -3.49. The predicted octanol–water partition coefficient (Wildman–Crippen LogP) is 4.02. The van der Waals surface area contributed by atoms with Crippen molar-refractivity contribution < 1.29 is 23.1 Å². The molecule has 3 aromatic rings. The van der Waals surface area contributed by atoms with Crippen molar-refractivity contribution in [3.05, 3.63) is 54.4 Å². The molecule has 0 unspecified atom stereocenters. The van der Waals surface area contributed by atoms with Gasteiger partial charge in [0.15, 0.2) is 9.84 Å². The van der Waals surface area contributed by atoms with E-state index in [9.17, 15) is 18.3 Å². The topological polar surface area (TPSA) is 131 Å². The first kappa shape index (κ1) is 24.6. The van der Waals surface area contributed by atoms with Crippen LogP contribution in [-0.2, 0) is 20.2 Å². The van der Waals surface area contributed by atoms with Gasteiger partial charge in [-0.25, -0.2) is 13.4 Å². The summed E-state index contributed by atoms with van der Waals surface area (Å²) in [5.41, 5.74) is 1.87. The molecule has 1 aromatic carbocycles. The number of hydrogen-bond donors (Lipinski definition) is 3. The van der Waals surface area contributed by atoms with Crippen LogP contribution in [0.3, 0.4) is 0 Å². The molecule has 10 heteroatoms. The third-order valence-electron chi connectivity index (χ3n) is 5.37. The molecule has 3 N–H and O–H groups in total. The van der Waals surface area contributed by atoms with E-state index in [1.165, 1.54) is 19.1 Å². The highest BCUT2D eigenvalue weighted by Gasteiger charge is 2.24. The molecule has 1 fully saturated rings. The van der Waals surface area contributed by atoms with Crippen LogP contribution >= 0.6 is 0 Å². The second-order valence-corrected chi connectivity index (χ2v) is 11.2. The lowest BCUT2D eigenvalue weighted by atomic mass is 9.99.